The van der Waals surface area contributed by atoms with Gasteiger partial charge in [0.05, 0.1) is 20.9 Å². The van der Waals surface area contributed by atoms with Gasteiger partial charge in [-0.05, 0) is 55.5 Å². The Labute approximate surface area is 262 Å². The summed E-state index contributed by atoms with van der Waals surface area (Å²) in [5.41, 5.74) is 1.22. The summed E-state index contributed by atoms with van der Waals surface area (Å²) in [6.07, 6.45) is 10.6. The number of unbranched alkanes of at least 4 members (excludes halogenated alkanes) is 6. The van der Waals surface area contributed by atoms with E-state index in [1.807, 2.05) is 53.4 Å². The first-order chi connectivity index (χ1) is 21.4. The van der Waals surface area contributed by atoms with Gasteiger partial charge in [0.1, 0.15) is 12.1 Å². The second-order valence-corrected chi connectivity index (χ2v) is 12.0. The van der Waals surface area contributed by atoms with Gasteiger partial charge in [-0.25, -0.2) is 0 Å². The smallest absolute Gasteiger partial charge is 0.250 e. The summed E-state index contributed by atoms with van der Waals surface area (Å²) in [6, 6.07) is 15.6. The minimum absolute atomic E-state index is 0.00322. The first kappa shape index (κ1) is 33.1. The number of benzene rings is 2. The van der Waals surface area contributed by atoms with Crippen LogP contribution in [-0.2, 0) is 20.8 Å². The lowest BCUT2D eigenvalue weighted by Crippen LogP contribution is -2.57. The molecule has 9 nitrogen and oxygen atoms in total. The number of anilines is 1. The third-order valence-electron chi connectivity index (χ3n) is 9.04. The average molecular weight is 607 g/mol. The molecule has 0 bridgehead atoms. The first-order valence-corrected chi connectivity index (χ1v) is 16.3. The number of carbonyl (C=O) groups is 3. The Bertz CT molecular complexity index is 1230. The maximum atomic E-state index is 14.0. The van der Waals surface area contributed by atoms with Crippen molar-refractivity contribution in [2.24, 2.45) is 0 Å². The number of nitrogens with zero attached hydrogens (tertiary/aromatic N) is 3. The zero-order chi connectivity index (χ0) is 31.4. The van der Waals surface area contributed by atoms with E-state index in [1.54, 1.807) is 19.1 Å². The molecule has 3 amide bonds. The van der Waals surface area contributed by atoms with E-state index in [1.165, 1.54) is 32.1 Å². The number of ether oxygens (including phenoxy) is 2. The number of likely N-dealkylation sites (tertiary alicyclic amines) is 1. The van der Waals surface area contributed by atoms with Gasteiger partial charge >= 0.3 is 0 Å². The molecule has 0 unspecified atom stereocenters. The molecule has 0 radical (unpaired) electrons. The van der Waals surface area contributed by atoms with Crippen LogP contribution >= 0.6 is 0 Å². The molecule has 240 valence electrons. The van der Waals surface area contributed by atoms with Crippen LogP contribution in [0.5, 0.6) is 11.5 Å². The van der Waals surface area contributed by atoms with E-state index in [9.17, 15) is 14.4 Å². The summed E-state index contributed by atoms with van der Waals surface area (Å²) < 4.78 is 10.7. The predicted octanol–water partition coefficient (Wildman–Crippen LogP) is 5.17. The van der Waals surface area contributed by atoms with Crippen LogP contribution in [0, 0.1) is 0 Å². The van der Waals surface area contributed by atoms with Crippen molar-refractivity contribution in [3.05, 3.63) is 54.1 Å². The normalized spacial score (nSPS) is 16.0. The first-order valence-electron chi connectivity index (χ1n) is 16.3. The van der Waals surface area contributed by atoms with Crippen molar-refractivity contribution in [1.29, 1.82) is 0 Å². The predicted molar refractivity (Wildman–Crippen MR) is 173 cm³/mol. The third kappa shape index (κ3) is 8.24. The molecule has 0 aliphatic carbocycles. The van der Waals surface area contributed by atoms with Gasteiger partial charge in [0, 0.05) is 31.7 Å². The molecule has 2 aromatic carbocycles. The van der Waals surface area contributed by atoms with Gasteiger partial charge in [-0.1, -0.05) is 69.7 Å². The lowest BCUT2D eigenvalue weighted by Gasteiger charge is -2.43. The maximum Gasteiger partial charge on any atom is 0.250 e. The summed E-state index contributed by atoms with van der Waals surface area (Å²) >= 11 is 0. The van der Waals surface area contributed by atoms with Crippen LogP contribution in [0.3, 0.4) is 0 Å². The highest BCUT2D eigenvalue weighted by molar-refractivity contribution is 5.96. The lowest BCUT2D eigenvalue weighted by molar-refractivity contribution is -0.140. The van der Waals surface area contributed by atoms with Gasteiger partial charge in [-0.3, -0.25) is 14.4 Å². The molecular weight excluding hydrogens is 556 g/mol. The molecule has 2 aliphatic rings. The van der Waals surface area contributed by atoms with E-state index < -0.39 is 5.54 Å². The molecule has 2 fully saturated rings. The van der Waals surface area contributed by atoms with Crippen molar-refractivity contribution < 1.29 is 23.9 Å². The summed E-state index contributed by atoms with van der Waals surface area (Å²) in [6.45, 7) is 4.11. The van der Waals surface area contributed by atoms with Crippen LogP contribution in [-0.4, -0.2) is 80.1 Å². The van der Waals surface area contributed by atoms with Crippen molar-refractivity contribution in [1.82, 2.24) is 15.1 Å². The van der Waals surface area contributed by atoms with Crippen molar-refractivity contribution >= 4 is 23.4 Å². The van der Waals surface area contributed by atoms with Gasteiger partial charge in [-0.15, -0.1) is 0 Å². The number of para-hydroxylation sites is 1. The molecule has 1 N–H and O–H groups in total. The molecule has 2 aromatic rings. The van der Waals surface area contributed by atoms with Crippen LogP contribution in [0.2, 0.25) is 0 Å². The Morgan fingerprint density at radius 2 is 1.57 bits per heavy atom. The highest BCUT2D eigenvalue weighted by Crippen LogP contribution is 2.39. The van der Waals surface area contributed by atoms with E-state index >= 15 is 0 Å². The number of methoxy groups -OCH3 is 2. The second-order valence-electron chi connectivity index (χ2n) is 12.0. The van der Waals surface area contributed by atoms with Gasteiger partial charge in [0.2, 0.25) is 11.8 Å². The summed E-state index contributed by atoms with van der Waals surface area (Å²) in [4.78, 5) is 45.7. The highest BCUT2D eigenvalue weighted by atomic mass is 16.5. The highest BCUT2D eigenvalue weighted by Gasteiger charge is 2.54. The van der Waals surface area contributed by atoms with Gasteiger partial charge in [-0.2, -0.15) is 0 Å². The molecule has 1 spiro atoms. The number of piperidine rings is 1. The van der Waals surface area contributed by atoms with E-state index in [2.05, 4.69) is 17.1 Å². The quantitative estimate of drug-likeness (QED) is 0.265. The molecular formula is C35H50N4O5. The summed E-state index contributed by atoms with van der Waals surface area (Å²) in [5.74, 6) is 1.28. The second kappa shape index (κ2) is 16.4. The lowest BCUT2D eigenvalue weighted by atomic mass is 9.85. The average Bonchev–Trinajstić information content (AvgIpc) is 3.30. The van der Waals surface area contributed by atoms with Crippen LogP contribution in [0.25, 0.3) is 0 Å². The molecule has 0 aromatic heterocycles. The molecule has 2 heterocycles. The molecule has 0 saturated carbocycles. The topological polar surface area (TPSA) is 91.4 Å². The Morgan fingerprint density at radius 3 is 2.25 bits per heavy atom. The minimum Gasteiger partial charge on any atom is -0.493 e. The molecule has 9 heteroatoms. The van der Waals surface area contributed by atoms with Crippen molar-refractivity contribution in [3.63, 3.8) is 0 Å². The molecule has 0 atom stereocenters. The summed E-state index contributed by atoms with van der Waals surface area (Å²) in [5, 5.41) is 2.97. The van der Waals surface area contributed by atoms with E-state index in [-0.39, 0.29) is 24.3 Å². The van der Waals surface area contributed by atoms with Crippen molar-refractivity contribution in [2.45, 2.75) is 83.1 Å². The van der Waals surface area contributed by atoms with E-state index in [0.717, 1.165) is 24.1 Å². The van der Waals surface area contributed by atoms with Gasteiger partial charge < -0.3 is 29.5 Å². The zero-order valence-corrected chi connectivity index (χ0v) is 26.8. The van der Waals surface area contributed by atoms with Crippen molar-refractivity contribution in [3.8, 4) is 11.5 Å². The Balaban J connectivity index is 1.32. The number of amides is 3. The van der Waals surface area contributed by atoms with Crippen LogP contribution < -0.4 is 19.7 Å². The largest absolute Gasteiger partial charge is 0.493 e. The number of hydrogen-bond donors (Lipinski definition) is 1. The fourth-order valence-corrected chi connectivity index (χ4v) is 6.45. The van der Waals surface area contributed by atoms with Crippen molar-refractivity contribution in [2.75, 3.05) is 52.0 Å². The molecule has 4 rings (SSSR count). The van der Waals surface area contributed by atoms with Gasteiger partial charge in [0.15, 0.2) is 11.5 Å². The number of nitrogens with one attached hydrogen (secondary N) is 1. The molecule has 2 saturated heterocycles. The minimum atomic E-state index is -0.753. The molecule has 44 heavy (non-hydrogen) atoms. The fourth-order valence-electron chi connectivity index (χ4n) is 6.45. The monoisotopic (exact) mass is 606 g/mol. The Morgan fingerprint density at radius 1 is 0.886 bits per heavy atom. The fraction of sp³-hybridized carbons (Fsp3) is 0.571. The van der Waals surface area contributed by atoms with Gasteiger partial charge in [0.25, 0.3) is 5.91 Å². The van der Waals surface area contributed by atoms with Crippen LogP contribution in [0.4, 0.5) is 5.69 Å². The Hall–Kier alpha value is -3.75. The molecule has 2 aliphatic heterocycles. The van der Waals surface area contributed by atoms with Crippen LogP contribution in [0.15, 0.2) is 48.5 Å². The van der Waals surface area contributed by atoms with Crippen LogP contribution in [0.1, 0.15) is 76.7 Å². The standard InChI is InChI=1S/C35H50N4O5/c1-4-5-6-7-8-9-13-16-33(41)37-23-20-35(21-24-37)34(42)38(27-39(35)29-14-11-10-12-15-29)26-32(40)36-22-19-28-17-18-30(43-2)31(25-28)44-3/h10-12,14-15,17-18,25H,4-9,13,16,19-24,26-27H2,1-3H3,(H,36,40). The SMILES string of the molecule is CCCCCCCCCC(=O)N1CCC2(CC1)C(=O)N(CC(=O)NCCc1ccc(OC)c(OC)c1)CN2c1ccccc1. The van der Waals surface area contributed by atoms with E-state index in [0.29, 0.717) is 63.5 Å². The zero-order valence-electron chi connectivity index (χ0n) is 26.8. The number of carbonyl (C=O) groups excluding carboxylic acids is 3. The maximum absolute atomic E-state index is 14.0. The third-order valence-corrected chi connectivity index (χ3v) is 9.04. The van der Waals surface area contributed by atoms with E-state index in [4.69, 9.17) is 9.47 Å². The number of hydrogen-bond acceptors (Lipinski definition) is 6. The number of rotatable bonds is 16. The Kier molecular flexibility index (Phi) is 12.3. The summed E-state index contributed by atoms with van der Waals surface area (Å²) in [7, 11) is 3.20.